The number of cyclic esters (lactones) is 1. The first kappa shape index (κ1) is 17.2. The fourth-order valence-corrected chi connectivity index (χ4v) is 2.76. The third-order valence-corrected chi connectivity index (χ3v) is 3.98. The molecule has 1 aliphatic rings. The van der Waals surface area contributed by atoms with Crippen LogP contribution < -0.4 is 9.47 Å². The number of methoxy groups -OCH3 is 1. The highest BCUT2D eigenvalue weighted by atomic mass is 79.9. The van der Waals surface area contributed by atoms with Gasteiger partial charge in [0.1, 0.15) is 0 Å². The largest absolute Gasteiger partial charge is 0.493 e. The van der Waals surface area contributed by atoms with E-state index in [0.717, 1.165) is 15.6 Å². The van der Waals surface area contributed by atoms with E-state index in [-0.39, 0.29) is 11.6 Å². The predicted octanol–water partition coefficient (Wildman–Crippen LogP) is 4.20. The molecule has 5 nitrogen and oxygen atoms in total. The van der Waals surface area contributed by atoms with Gasteiger partial charge in [0.2, 0.25) is 5.90 Å². The first-order chi connectivity index (χ1) is 12.1. The average Bonchev–Trinajstić information content (AvgIpc) is 2.97. The molecule has 3 rings (SSSR count). The Balaban J connectivity index is 1.91. The van der Waals surface area contributed by atoms with Crippen LogP contribution in [0, 0.1) is 0 Å². The maximum absolute atomic E-state index is 12.1. The van der Waals surface area contributed by atoms with E-state index in [1.807, 2.05) is 37.3 Å². The van der Waals surface area contributed by atoms with Crippen molar-refractivity contribution in [1.82, 2.24) is 0 Å². The van der Waals surface area contributed by atoms with Gasteiger partial charge in [-0.1, -0.05) is 28.1 Å². The number of halogens is 1. The summed E-state index contributed by atoms with van der Waals surface area (Å²) in [6, 6.07) is 12.8. The highest BCUT2D eigenvalue weighted by Crippen LogP contribution is 2.29. The summed E-state index contributed by atoms with van der Waals surface area (Å²) in [6.45, 7) is 2.45. The number of nitrogens with zero attached hydrogens (tertiary/aromatic N) is 1. The zero-order valence-corrected chi connectivity index (χ0v) is 15.4. The van der Waals surface area contributed by atoms with Gasteiger partial charge in [-0.3, -0.25) is 0 Å². The minimum absolute atomic E-state index is 0.237. The molecule has 0 radical (unpaired) electrons. The van der Waals surface area contributed by atoms with E-state index in [0.29, 0.717) is 18.1 Å². The topological polar surface area (TPSA) is 57.1 Å². The Hall–Kier alpha value is -2.60. The highest BCUT2D eigenvalue weighted by molar-refractivity contribution is 9.10. The summed E-state index contributed by atoms with van der Waals surface area (Å²) >= 11 is 3.39. The Bertz CT molecular complexity index is 873. The van der Waals surface area contributed by atoms with E-state index in [2.05, 4.69) is 20.9 Å². The lowest BCUT2D eigenvalue weighted by Crippen LogP contribution is -2.05. The van der Waals surface area contributed by atoms with Gasteiger partial charge in [-0.2, -0.15) is 0 Å². The number of rotatable bonds is 5. The Morgan fingerprint density at radius 2 is 2.04 bits per heavy atom. The lowest BCUT2D eigenvalue weighted by Gasteiger charge is -2.09. The van der Waals surface area contributed by atoms with Crippen LogP contribution in [0.3, 0.4) is 0 Å². The van der Waals surface area contributed by atoms with Gasteiger partial charge in [0, 0.05) is 10.0 Å². The summed E-state index contributed by atoms with van der Waals surface area (Å²) in [5, 5.41) is 0. The molecular formula is C19H16BrNO4. The summed E-state index contributed by atoms with van der Waals surface area (Å²) in [5.41, 5.74) is 1.74. The first-order valence-corrected chi connectivity index (χ1v) is 8.49. The second kappa shape index (κ2) is 7.53. The van der Waals surface area contributed by atoms with Crippen LogP contribution in [0.2, 0.25) is 0 Å². The van der Waals surface area contributed by atoms with Gasteiger partial charge < -0.3 is 14.2 Å². The Morgan fingerprint density at radius 3 is 2.76 bits per heavy atom. The molecule has 0 atom stereocenters. The maximum atomic E-state index is 12.1. The lowest BCUT2D eigenvalue weighted by atomic mass is 10.1. The minimum Gasteiger partial charge on any atom is -0.493 e. The van der Waals surface area contributed by atoms with Crippen molar-refractivity contribution < 1.29 is 19.0 Å². The third-order valence-electron chi connectivity index (χ3n) is 3.48. The molecule has 6 heteroatoms. The van der Waals surface area contributed by atoms with Gasteiger partial charge in [0.15, 0.2) is 17.2 Å². The first-order valence-electron chi connectivity index (χ1n) is 7.70. The number of carbonyl (C=O) groups excluding carboxylic acids is 1. The number of esters is 1. The van der Waals surface area contributed by atoms with E-state index < -0.39 is 5.97 Å². The fourth-order valence-electron chi connectivity index (χ4n) is 2.36. The predicted molar refractivity (Wildman–Crippen MR) is 98.9 cm³/mol. The fraction of sp³-hybridized carbons (Fsp3) is 0.158. The number of carbonyl (C=O) groups is 1. The number of hydrogen-bond donors (Lipinski definition) is 0. The van der Waals surface area contributed by atoms with Gasteiger partial charge in [0.25, 0.3) is 0 Å². The van der Waals surface area contributed by atoms with Crippen LogP contribution in [-0.2, 0) is 9.53 Å². The second-order valence-electron chi connectivity index (χ2n) is 5.19. The van der Waals surface area contributed by atoms with Gasteiger partial charge >= 0.3 is 5.97 Å². The van der Waals surface area contributed by atoms with Crippen molar-refractivity contribution >= 4 is 33.9 Å². The monoisotopic (exact) mass is 401 g/mol. The summed E-state index contributed by atoms with van der Waals surface area (Å²) < 4.78 is 17.0. The number of hydrogen-bond acceptors (Lipinski definition) is 5. The Labute approximate surface area is 154 Å². The second-order valence-corrected chi connectivity index (χ2v) is 6.11. The summed E-state index contributed by atoms with van der Waals surface area (Å²) in [5.74, 6) is 1.05. The van der Waals surface area contributed by atoms with Crippen molar-refractivity contribution in [2.75, 3.05) is 13.7 Å². The highest BCUT2D eigenvalue weighted by Gasteiger charge is 2.24. The van der Waals surface area contributed by atoms with Crippen LogP contribution in [0.15, 0.2) is 57.6 Å². The molecule has 1 aliphatic heterocycles. The van der Waals surface area contributed by atoms with Crippen molar-refractivity contribution in [3.63, 3.8) is 0 Å². The molecular weight excluding hydrogens is 386 g/mol. The standard InChI is InChI=1S/C19H16BrNO4/c1-3-24-16-8-7-12(10-17(16)23-2)9-15-19(22)25-18(21-15)13-5-4-6-14(20)11-13/h4-11H,3H2,1-2H3/b15-9-. The molecule has 2 aromatic rings. The van der Waals surface area contributed by atoms with Crippen molar-refractivity contribution in [1.29, 1.82) is 0 Å². The van der Waals surface area contributed by atoms with Crippen LogP contribution in [0.25, 0.3) is 6.08 Å². The normalized spacial score (nSPS) is 15.1. The van der Waals surface area contributed by atoms with E-state index in [1.165, 1.54) is 0 Å². The number of benzene rings is 2. The van der Waals surface area contributed by atoms with Gasteiger partial charge in [-0.25, -0.2) is 9.79 Å². The van der Waals surface area contributed by atoms with Crippen molar-refractivity contribution in [2.24, 2.45) is 4.99 Å². The van der Waals surface area contributed by atoms with Gasteiger partial charge in [0.05, 0.1) is 13.7 Å². The summed E-state index contributed by atoms with van der Waals surface area (Å²) in [7, 11) is 1.57. The van der Waals surface area contributed by atoms with Crippen LogP contribution in [0.4, 0.5) is 0 Å². The van der Waals surface area contributed by atoms with E-state index >= 15 is 0 Å². The number of aliphatic imine (C=N–C) groups is 1. The Morgan fingerprint density at radius 1 is 1.20 bits per heavy atom. The molecule has 0 saturated heterocycles. The molecule has 0 N–H and O–H groups in total. The quantitative estimate of drug-likeness (QED) is 0.556. The van der Waals surface area contributed by atoms with E-state index in [4.69, 9.17) is 14.2 Å². The smallest absolute Gasteiger partial charge is 0.363 e. The molecule has 0 amide bonds. The van der Waals surface area contributed by atoms with Crippen LogP contribution in [0.5, 0.6) is 11.5 Å². The third kappa shape index (κ3) is 3.91. The van der Waals surface area contributed by atoms with Gasteiger partial charge in [-0.15, -0.1) is 0 Å². The minimum atomic E-state index is -0.483. The molecule has 0 bridgehead atoms. The van der Waals surface area contributed by atoms with Crippen molar-refractivity contribution in [3.8, 4) is 11.5 Å². The zero-order valence-electron chi connectivity index (χ0n) is 13.8. The molecule has 0 unspecified atom stereocenters. The average molecular weight is 402 g/mol. The molecule has 0 aliphatic carbocycles. The number of ether oxygens (including phenoxy) is 3. The zero-order chi connectivity index (χ0) is 17.8. The summed E-state index contributed by atoms with van der Waals surface area (Å²) in [6.07, 6.45) is 1.66. The molecule has 128 valence electrons. The maximum Gasteiger partial charge on any atom is 0.363 e. The van der Waals surface area contributed by atoms with Crippen molar-refractivity contribution in [3.05, 3.63) is 63.8 Å². The SMILES string of the molecule is CCOc1ccc(/C=C2\N=C(c3cccc(Br)c3)OC2=O)cc1OC. The molecule has 0 fully saturated rings. The van der Waals surface area contributed by atoms with E-state index in [1.54, 1.807) is 25.3 Å². The molecule has 0 saturated carbocycles. The van der Waals surface area contributed by atoms with Crippen molar-refractivity contribution in [2.45, 2.75) is 6.92 Å². The Kier molecular flexibility index (Phi) is 5.19. The molecule has 0 spiro atoms. The molecule has 25 heavy (non-hydrogen) atoms. The van der Waals surface area contributed by atoms with Crippen LogP contribution >= 0.6 is 15.9 Å². The van der Waals surface area contributed by atoms with Crippen LogP contribution in [0.1, 0.15) is 18.1 Å². The summed E-state index contributed by atoms with van der Waals surface area (Å²) in [4.78, 5) is 16.4. The van der Waals surface area contributed by atoms with E-state index in [9.17, 15) is 4.79 Å². The molecule has 1 heterocycles. The van der Waals surface area contributed by atoms with Crippen LogP contribution in [-0.4, -0.2) is 25.6 Å². The van der Waals surface area contributed by atoms with Gasteiger partial charge in [-0.05, 0) is 48.9 Å². The molecule has 0 aromatic heterocycles. The lowest BCUT2D eigenvalue weighted by molar-refractivity contribution is -0.129. The molecule has 2 aromatic carbocycles.